The second-order valence-corrected chi connectivity index (χ2v) is 10.2. The van der Waals surface area contributed by atoms with Gasteiger partial charge in [-0.15, -0.1) is 0 Å². The minimum absolute atomic E-state index is 0.0236. The van der Waals surface area contributed by atoms with Gasteiger partial charge in [0, 0.05) is 5.56 Å². The zero-order valence-electron chi connectivity index (χ0n) is 20.6. The van der Waals surface area contributed by atoms with Gasteiger partial charge in [-0.25, -0.2) is 4.79 Å². The average molecular weight is 447 g/mol. The number of benzene rings is 3. The van der Waals surface area contributed by atoms with Crippen molar-refractivity contribution in [2.75, 3.05) is 7.11 Å². The number of ether oxygens (including phenoxy) is 3. The summed E-state index contributed by atoms with van der Waals surface area (Å²) >= 11 is 0. The first kappa shape index (κ1) is 24.4. The van der Waals surface area contributed by atoms with Crippen LogP contribution in [0.15, 0.2) is 72.8 Å². The third-order valence-corrected chi connectivity index (χ3v) is 5.51. The lowest BCUT2D eigenvalue weighted by Crippen LogP contribution is -2.20. The minimum atomic E-state index is -0.870. The lowest BCUT2D eigenvalue weighted by atomic mass is 9.87. The molecule has 0 heterocycles. The summed E-state index contributed by atoms with van der Waals surface area (Å²) in [7, 11) is 1.36. The highest BCUT2D eigenvalue weighted by Crippen LogP contribution is 2.31. The Morgan fingerprint density at radius 3 is 1.76 bits per heavy atom. The molecule has 0 aliphatic heterocycles. The van der Waals surface area contributed by atoms with E-state index in [9.17, 15) is 4.79 Å². The zero-order valence-corrected chi connectivity index (χ0v) is 20.6. The van der Waals surface area contributed by atoms with Gasteiger partial charge in [0.2, 0.25) is 6.10 Å². The highest BCUT2D eigenvalue weighted by Gasteiger charge is 2.24. The Balaban J connectivity index is 1.77. The summed E-state index contributed by atoms with van der Waals surface area (Å²) in [6, 6.07) is 23.2. The van der Waals surface area contributed by atoms with Crippen LogP contribution in [0, 0.1) is 0 Å². The summed E-state index contributed by atoms with van der Waals surface area (Å²) in [5.74, 6) is 1.61. The maximum Gasteiger partial charge on any atom is 0.351 e. The van der Waals surface area contributed by atoms with Crippen LogP contribution in [-0.2, 0) is 20.4 Å². The molecule has 0 saturated carbocycles. The third kappa shape index (κ3) is 6.38. The third-order valence-electron chi connectivity index (χ3n) is 5.51. The topological polar surface area (TPSA) is 44.8 Å². The summed E-state index contributed by atoms with van der Waals surface area (Å²) in [4.78, 5) is 12.5. The zero-order chi connectivity index (χ0) is 24.2. The molecule has 0 N–H and O–H groups in total. The van der Waals surface area contributed by atoms with Crippen molar-refractivity contribution in [3.8, 4) is 17.2 Å². The van der Waals surface area contributed by atoms with E-state index >= 15 is 0 Å². The van der Waals surface area contributed by atoms with Gasteiger partial charge >= 0.3 is 5.97 Å². The van der Waals surface area contributed by atoms with Crippen molar-refractivity contribution in [1.29, 1.82) is 0 Å². The fourth-order valence-electron chi connectivity index (χ4n) is 3.40. The Bertz CT molecular complexity index is 1070. The number of esters is 1. The summed E-state index contributed by atoms with van der Waals surface area (Å²) in [6.45, 7) is 13.0. The van der Waals surface area contributed by atoms with Gasteiger partial charge in [-0.05, 0) is 58.4 Å². The number of carbonyl (C=O) groups excluding carboxylic acids is 1. The van der Waals surface area contributed by atoms with Gasteiger partial charge in [-0.2, -0.15) is 0 Å². The van der Waals surface area contributed by atoms with Crippen molar-refractivity contribution >= 4 is 5.97 Å². The lowest BCUT2D eigenvalue weighted by Gasteiger charge is -2.22. The number of carbonyl (C=O) groups is 1. The number of methoxy groups -OCH3 is 1. The van der Waals surface area contributed by atoms with E-state index in [1.165, 1.54) is 12.7 Å². The fraction of sp³-hybridized carbons (Fsp3) is 0.345. The van der Waals surface area contributed by atoms with E-state index in [1.54, 1.807) is 0 Å². The number of hydrogen-bond donors (Lipinski definition) is 0. The van der Waals surface area contributed by atoms with Crippen molar-refractivity contribution in [1.82, 2.24) is 0 Å². The highest BCUT2D eigenvalue weighted by atomic mass is 16.6. The normalized spacial score (nSPS) is 12.7. The molecule has 0 spiro atoms. The average Bonchev–Trinajstić information content (AvgIpc) is 2.77. The largest absolute Gasteiger partial charge is 0.474 e. The van der Waals surface area contributed by atoms with Crippen LogP contribution in [-0.4, -0.2) is 13.1 Å². The molecule has 1 atom stereocenters. The Morgan fingerprint density at radius 1 is 0.697 bits per heavy atom. The van der Waals surface area contributed by atoms with Crippen molar-refractivity contribution < 1.29 is 19.0 Å². The van der Waals surface area contributed by atoms with E-state index in [0.29, 0.717) is 17.1 Å². The molecule has 4 heteroatoms. The first-order valence-corrected chi connectivity index (χ1v) is 11.2. The molecule has 0 saturated heterocycles. The van der Waals surface area contributed by atoms with Gasteiger partial charge in [0.1, 0.15) is 17.2 Å². The number of rotatable bonds is 6. The molecule has 33 heavy (non-hydrogen) atoms. The Hall–Kier alpha value is -3.27. The molecular formula is C29H34O4. The smallest absolute Gasteiger partial charge is 0.351 e. The summed E-state index contributed by atoms with van der Waals surface area (Å²) < 4.78 is 17.1. The predicted molar refractivity (Wildman–Crippen MR) is 132 cm³/mol. The molecule has 1 unspecified atom stereocenters. The summed E-state index contributed by atoms with van der Waals surface area (Å²) in [5, 5.41) is 0. The molecule has 174 valence electrons. The quantitative estimate of drug-likeness (QED) is 0.371. The Morgan fingerprint density at radius 2 is 1.24 bits per heavy atom. The molecule has 0 radical (unpaired) electrons. The van der Waals surface area contributed by atoms with Gasteiger partial charge in [0.15, 0.2) is 0 Å². The second-order valence-electron chi connectivity index (χ2n) is 10.2. The predicted octanol–water partition coefficient (Wildman–Crippen LogP) is 7.37. The van der Waals surface area contributed by atoms with Crippen LogP contribution in [0.2, 0.25) is 0 Å². The molecule has 0 amide bonds. The van der Waals surface area contributed by atoms with Crippen molar-refractivity contribution in [3.63, 3.8) is 0 Å². The molecule has 0 aromatic heterocycles. The molecule has 3 rings (SSSR count). The highest BCUT2D eigenvalue weighted by molar-refractivity contribution is 5.77. The van der Waals surface area contributed by atoms with Crippen molar-refractivity contribution in [2.24, 2.45) is 0 Å². The van der Waals surface area contributed by atoms with Crippen LogP contribution in [0.1, 0.15) is 64.3 Å². The van der Waals surface area contributed by atoms with E-state index in [4.69, 9.17) is 14.2 Å². The van der Waals surface area contributed by atoms with E-state index in [-0.39, 0.29) is 10.8 Å². The van der Waals surface area contributed by atoms with Gasteiger partial charge < -0.3 is 14.2 Å². The molecular weight excluding hydrogens is 412 g/mol. The number of hydrogen-bond acceptors (Lipinski definition) is 4. The standard InChI is InChI=1S/C29H34O4/c1-28(2,3)21-13-17-24(18-14-21)32-23-15-11-20(12-16-23)26(27(30)31-7)33-25-10-8-9-22(19-25)29(4,5)6/h8-19,26H,1-7H3. The van der Waals surface area contributed by atoms with E-state index in [2.05, 4.69) is 59.7 Å². The summed E-state index contributed by atoms with van der Waals surface area (Å²) in [5.41, 5.74) is 3.14. The van der Waals surface area contributed by atoms with Crippen molar-refractivity contribution in [2.45, 2.75) is 58.5 Å². The van der Waals surface area contributed by atoms with Crippen LogP contribution in [0.5, 0.6) is 17.2 Å². The first-order valence-electron chi connectivity index (χ1n) is 11.2. The van der Waals surface area contributed by atoms with Crippen molar-refractivity contribution in [3.05, 3.63) is 89.5 Å². The Labute approximate surface area is 197 Å². The van der Waals surface area contributed by atoms with E-state index in [1.807, 2.05) is 54.6 Å². The molecule has 0 fully saturated rings. The van der Waals surface area contributed by atoms with Gasteiger partial charge in [-0.3, -0.25) is 0 Å². The molecule has 3 aromatic carbocycles. The van der Waals surface area contributed by atoms with Crippen LogP contribution >= 0.6 is 0 Å². The maximum atomic E-state index is 12.5. The lowest BCUT2D eigenvalue weighted by molar-refractivity contribution is -0.149. The minimum Gasteiger partial charge on any atom is -0.474 e. The molecule has 0 aliphatic rings. The maximum absolute atomic E-state index is 12.5. The van der Waals surface area contributed by atoms with Crippen LogP contribution in [0.3, 0.4) is 0 Å². The monoisotopic (exact) mass is 446 g/mol. The van der Waals surface area contributed by atoms with Crippen LogP contribution in [0.25, 0.3) is 0 Å². The molecule has 0 aliphatic carbocycles. The Kier molecular flexibility index (Phi) is 7.16. The van der Waals surface area contributed by atoms with Crippen LogP contribution in [0.4, 0.5) is 0 Å². The molecule has 3 aromatic rings. The van der Waals surface area contributed by atoms with Crippen LogP contribution < -0.4 is 9.47 Å². The van der Waals surface area contributed by atoms with Gasteiger partial charge in [0.05, 0.1) is 7.11 Å². The van der Waals surface area contributed by atoms with Gasteiger partial charge in [-0.1, -0.05) is 77.9 Å². The first-order chi connectivity index (χ1) is 15.5. The van der Waals surface area contributed by atoms with E-state index < -0.39 is 12.1 Å². The van der Waals surface area contributed by atoms with E-state index in [0.717, 1.165) is 11.3 Å². The summed E-state index contributed by atoms with van der Waals surface area (Å²) in [6.07, 6.45) is -0.870. The SMILES string of the molecule is COC(=O)C(Oc1cccc(C(C)(C)C)c1)c1ccc(Oc2ccc(C(C)(C)C)cc2)cc1. The molecule has 4 nitrogen and oxygen atoms in total. The van der Waals surface area contributed by atoms with Gasteiger partial charge in [0.25, 0.3) is 0 Å². The second kappa shape index (κ2) is 9.70. The molecule has 0 bridgehead atoms. The fourth-order valence-corrected chi connectivity index (χ4v) is 3.40.